The number of carbonyl (C=O) groups excluding carboxylic acids is 1. The molecule has 3 rings (SSSR count). The van der Waals surface area contributed by atoms with Gasteiger partial charge in [-0.15, -0.1) is 0 Å². The molecule has 5 nitrogen and oxygen atoms in total. The molecular formula is C20H27FN4O. The smallest absolute Gasteiger partial charge is 0.227 e. The molecule has 1 aliphatic heterocycles. The van der Waals surface area contributed by atoms with Crippen LogP contribution in [0.4, 0.5) is 10.1 Å². The van der Waals surface area contributed by atoms with Crippen LogP contribution >= 0.6 is 0 Å². The Labute approximate surface area is 154 Å². The molecule has 0 aliphatic carbocycles. The fraction of sp³-hybridized carbons (Fsp3) is 0.500. The van der Waals surface area contributed by atoms with Crippen LogP contribution < -0.4 is 4.90 Å². The van der Waals surface area contributed by atoms with Gasteiger partial charge < -0.3 is 9.80 Å². The Bertz CT molecular complexity index is 718. The molecule has 0 N–H and O–H groups in total. The van der Waals surface area contributed by atoms with E-state index in [1.165, 1.54) is 6.07 Å². The zero-order valence-electron chi connectivity index (χ0n) is 15.5. The predicted molar refractivity (Wildman–Crippen MR) is 100 cm³/mol. The fourth-order valence-corrected chi connectivity index (χ4v) is 3.80. The Balaban J connectivity index is 1.69. The topological polar surface area (TPSA) is 41.4 Å². The van der Waals surface area contributed by atoms with Crippen molar-refractivity contribution in [2.45, 2.75) is 39.3 Å². The van der Waals surface area contributed by atoms with E-state index in [0.29, 0.717) is 12.1 Å². The second kappa shape index (κ2) is 8.45. The molecule has 0 radical (unpaired) electrons. The number of carbonyl (C=O) groups is 1. The lowest BCUT2D eigenvalue weighted by atomic mass is 9.91. The highest BCUT2D eigenvalue weighted by Gasteiger charge is 2.34. The lowest BCUT2D eigenvalue weighted by Crippen LogP contribution is -2.53. The first-order chi connectivity index (χ1) is 12.6. The van der Waals surface area contributed by atoms with E-state index in [0.717, 1.165) is 32.6 Å². The summed E-state index contributed by atoms with van der Waals surface area (Å²) in [5.74, 6) is -0.0731. The summed E-state index contributed by atoms with van der Waals surface area (Å²) < 4.78 is 16.3. The van der Waals surface area contributed by atoms with Crippen molar-refractivity contribution in [1.82, 2.24) is 14.7 Å². The van der Waals surface area contributed by atoms with Crippen LogP contribution in [0.2, 0.25) is 0 Å². The average molecular weight is 358 g/mol. The van der Waals surface area contributed by atoms with Crippen LogP contribution in [-0.2, 0) is 11.3 Å². The molecule has 2 atom stereocenters. The van der Waals surface area contributed by atoms with Crippen molar-refractivity contribution >= 4 is 11.6 Å². The number of amides is 1. The zero-order chi connectivity index (χ0) is 18.5. The van der Waals surface area contributed by atoms with Crippen LogP contribution in [0.3, 0.4) is 0 Å². The quantitative estimate of drug-likeness (QED) is 0.796. The Morgan fingerprint density at radius 1 is 1.31 bits per heavy atom. The van der Waals surface area contributed by atoms with Crippen molar-refractivity contribution in [2.24, 2.45) is 5.92 Å². The van der Waals surface area contributed by atoms with Gasteiger partial charge in [-0.2, -0.15) is 5.10 Å². The van der Waals surface area contributed by atoms with Gasteiger partial charge in [-0.25, -0.2) is 4.39 Å². The molecule has 2 heterocycles. The molecule has 0 spiro atoms. The van der Waals surface area contributed by atoms with E-state index in [1.807, 2.05) is 23.9 Å². The summed E-state index contributed by atoms with van der Waals surface area (Å²) in [6.07, 6.45) is 4.98. The van der Waals surface area contributed by atoms with Gasteiger partial charge in [0.2, 0.25) is 5.91 Å². The van der Waals surface area contributed by atoms with Gasteiger partial charge in [-0.1, -0.05) is 26.0 Å². The highest BCUT2D eigenvalue weighted by molar-refractivity contribution is 5.94. The number of hydrogen-bond donors (Lipinski definition) is 0. The largest absolute Gasteiger partial charge is 0.306 e. The Kier molecular flexibility index (Phi) is 6.04. The van der Waals surface area contributed by atoms with Crippen LogP contribution in [0.5, 0.6) is 0 Å². The predicted octanol–water partition coefficient (Wildman–Crippen LogP) is 3.18. The third-order valence-corrected chi connectivity index (χ3v) is 5.16. The Morgan fingerprint density at radius 3 is 2.77 bits per heavy atom. The van der Waals surface area contributed by atoms with Gasteiger partial charge in [0.25, 0.3) is 0 Å². The van der Waals surface area contributed by atoms with Gasteiger partial charge in [-0.3, -0.25) is 9.48 Å². The number of halogens is 1. The van der Waals surface area contributed by atoms with Crippen molar-refractivity contribution in [3.8, 4) is 0 Å². The summed E-state index contributed by atoms with van der Waals surface area (Å²) in [4.78, 5) is 16.7. The van der Waals surface area contributed by atoms with Gasteiger partial charge in [0.05, 0.1) is 12.2 Å². The number of benzene rings is 1. The van der Waals surface area contributed by atoms with E-state index in [2.05, 4.69) is 16.9 Å². The maximum atomic E-state index is 14.4. The van der Waals surface area contributed by atoms with Gasteiger partial charge in [0, 0.05) is 44.5 Å². The lowest BCUT2D eigenvalue weighted by molar-refractivity contribution is -0.119. The minimum atomic E-state index is -0.331. The summed E-state index contributed by atoms with van der Waals surface area (Å²) in [6, 6.07) is 8.54. The van der Waals surface area contributed by atoms with Gasteiger partial charge in [0.1, 0.15) is 5.82 Å². The third kappa shape index (κ3) is 4.12. The summed E-state index contributed by atoms with van der Waals surface area (Å²) in [6.45, 7) is 7.57. The Morgan fingerprint density at radius 2 is 2.12 bits per heavy atom. The van der Waals surface area contributed by atoms with E-state index in [-0.39, 0.29) is 23.7 Å². The van der Waals surface area contributed by atoms with Crippen molar-refractivity contribution in [3.63, 3.8) is 0 Å². The van der Waals surface area contributed by atoms with Crippen LogP contribution in [-0.4, -0.2) is 46.3 Å². The summed E-state index contributed by atoms with van der Waals surface area (Å²) in [7, 11) is 0. The van der Waals surface area contributed by atoms with E-state index in [9.17, 15) is 9.18 Å². The zero-order valence-corrected chi connectivity index (χ0v) is 15.5. The van der Waals surface area contributed by atoms with Gasteiger partial charge >= 0.3 is 0 Å². The number of aromatic nitrogens is 2. The third-order valence-electron chi connectivity index (χ3n) is 5.16. The monoisotopic (exact) mass is 358 g/mol. The molecule has 26 heavy (non-hydrogen) atoms. The van der Waals surface area contributed by atoms with Crippen LogP contribution in [0, 0.1) is 11.7 Å². The number of anilines is 1. The Hall–Kier alpha value is -2.21. The van der Waals surface area contributed by atoms with Crippen molar-refractivity contribution in [1.29, 1.82) is 0 Å². The molecule has 1 aromatic heterocycles. The van der Waals surface area contributed by atoms with E-state index < -0.39 is 0 Å². The molecule has 0 bridgehead atoms. The standard InChI is InChI=1S/C20H27FN4O/c1-3-20(26)25(19-8-5-4-7-17(19)21)18-9-12-23(15-16(18)2)13-14-24-11-6-10-22-24/h4-8,10-11,16,18H,3,9,12-15H2,1-2H3/t16-,18-/m1/s1. The molecule has 140 valence electrons. The second-order valence-electron chi connectivity index (χ2n) is 6.97. The first-order valence-electron chi connectivity index (χ1n) is 9.36. The van der Waals surface area contributed by atoms with E-state index >= 15 is 0 Å². The SMILES string of the molecule is CCC(=O)N(c1ccccc1F)[C@@H]1CCN(CCn2cccn2)C[C@H]1C. The lowest BCUT2D eigenvalue weighted by Gasteiger charge is -2.42. The first kappa shape index (κ1) is 18.6. The minimum absolute atomic E-state index is 0.0167. The van der Waals surface area contributed by atoms with Gasteiger partial charge in [0.15, 0.2) is 0 Å². The van der Waals surface area contributed by atoms with Gasteiger partial charge in [-0.05, 0) is 30.5 Å². The maximum absolute atomic E-state index is 14.4. The normalized spacial score (nSPS) is 20.9. The molecule has 1 saturated heterocycles. The van der Waals surface area contributed by atoms with Crippen molar-refractivity contribution < 1.29 is 9.18 Å². The summed E-state index contributed by atoms with van der Waals surface area (Å²) >= 11 is 0. The number of hydrogen-bond acceptors (Lipinski definition) is 3. The van der Waals surface area contributed by atoms with Crippen molar-refractivity contribution in [2.75, 3.05) is 24.5 Å². The molecule has 2 aromatic rings. The van der Waals surface area contributed by atoms with Crippen LogP contribution in [0.15, 0.2) is 42.7 Å². The average Bonchev–Trinajstić information content (AvgIpc) is 3.16. The van der Waals surface area contributed by atoms with Crippen LogP contribution in [0.25, 0.3) is 0 Å². The molecule has 0 saturated carbocycles. The summed E-state index contributed by atoms with van der Waals surface area (Å²) in [5.41, 5.74) is 0.404. The molecule has 0 unspecified atom stereocenters. The number of likely N-dealkylation sites (tertiary alicyclic amines) is 1. The molecule has 1 fully saturated rings. The summed E-state index contributed by atoms with van der Waals surface area (Å²) in [5, 5.41) is 4.24. The van der Waals surface area contributed by atoms with E-state index in [4.69, 9.17) is 0 Å². The molecule has 1 aromatic carbocycles. The number of piperidine rings is 1. The maximum Gasteiger partial charge on any atom is 0.227 e. The highest BCUT2D eigenvalue weighted by Crippen LogP contribution is 2.29. The number of nitrogens with zero attached hydrogens (tertiary/aromatic N) is 4. The first-order valence-corrected chi connectivity index (χ1v) is 9.36. The second-order valence-corrected chi connectivity index (χ2v) is 6.97. The van der Waals surface area contributed by atoms with E-state index in [1.54, 1.807) is 29.3 Å². The van der Waals surface area contributed by atoms with Crippen LogP contribution in [0.1, 0.15) is 26.7 Å². The van der Waals surface area contributed by atoms with Crippen molar-refractivity contribution in [3.05, 3.63) is 48.5 Å². The minimum Gasteiger partial charge on any atom is -0.306 e. The molecule has 1 amide bonds. The number of rotatable bonds is 6. The number of para-hydroxylation sites is 1. The highest BCUT2D eigenvalue weighted by atomic mass is 19.1. The fourth-order valence-electron chi connectivity index (χ4n) is 3.80. The molecule has 1 aliphatic rings. The molecule has 6 heteroatoms. The molecular weight excluding hydrogens is 331 g/mol.